The lowest BCUT2D eigenvalue weighted by molar-refractivity contribution is 0.0948. The molecule has 1 fully saturated rings. The highest BCUT2D eigenvalue weighted by Gasteiger charge is 2.30. The first kappa shape index (κ1) is 21.9. The van der Waals surface area contributed by atoms with Gasteiger partial charge in [0, 0.05) is 37.1 Å². The lowest BCUT2D eigenvalue weighted by Gasteiger charge is -2.40. The molecule has 172 valence electrons. The third-order valence-corrected chi connectivity index (χ3v) is 7.08. The van der Waals surface area contributed by atoms with Crippen LogP contribution in [0.25, 0.3) is 0 Å². The number of pyridine rings is 1. The maximum atomic E-state index is 5.72. The number of hydrogen-bond acceptors (Lipinski definition) is 5. The number of nitrogens with zero attached hydrogens (tertiary/aromatic N) is 3. The van der Waals surface area contributed by atoms with Crippen molar-refractivity contribution in [2.75, 3.05) is 26.9 Å². The van der Waals surface area contributed by atoms with Crippen LogP contribution < -0.4 is 9.47 Å². The fourth-order valence-electron chi connectivity index (χ4n) is 5.28. The maximum absolute atomic E-state index is 5.72. The minimum atomic E-state index is 0.333. The Morgan fingerprint density at radius 2 is 1.73 bits per heavy atom. The van der Waals surface area contributed by atoms with Gasteiger partial charge in [-0.05, 0) is 74.6 Å². The number of benzene rings is 2. The summed E-state index contributed by atoms with van der Waals surface area (Å²) in [6, 6.07) is 21.9. The molecule has 5 rings (SSSR count). The Morgan fingerprint density at radius 3 is 2.52 bits per heavy atom. The fraction of sp³-hybridized carbons (Fsp3) is 0.393. The van der Waals surface area contributed by atoms with E-state index in [1.807, 2.05) is 18.5 Å². The van der Waals surface area contributed by atoms with Gasteiger partial charge in [0.2, 0.25) is 6.79 Å². The van der Waals surface area contributed by atoms with Crippen molar-refractivity contribution in [3.8, 4) is 11.5 Å². The van der Waals surface area contributed by atoms with Crippen LogP contribution in [-0.2, 0) is 19.5 Å². The third kappa shape index (κ3) is 5.37. The van der Waals surface area contributed by atoms with Gasteiger partial charge in [-0.2, -0.15) is 0 Å². The highest BCUT2D eigenvalue weighted by atomic mass is 16.7. The molecular formula is C28H33N3O2. The van der Waals surface area contributed by atoms with Crippen molar-refractivity contribution >= 4 is 0 Å². The Kier molecular flexibility index (Phi) is 6.89. The highest BCUT2D eigenvalue weighted by Crippen LogP contribution is 2.36. The molecule has 1 aromatic heterocycles. The Balaban J connectivity index is 1.25. The van der Waals surface area contributed by atoms with Crippen molar-refractivity contribution in [1.82, 2.24) is 14.8 Å². The van der Waals surface area contributed by atoms with Gasteiger partial charge >= 0.3 is 0 Å². The van der Waals surface area contributed by atoms with Crippen LogP contribution in [0.15, 0.2) is 73.1 Å². The molecule has 0 spiro atoms. The van der Waals surface area contributed by atoms with Crippen molar-refractivity contribution < 1.29 is 9.47 Å². The number of fused-ring (bicyclic) bond motifs is 1. The van der Waals surface area contributed by atoms with Crippen molar-refractivity contribution in [2.24, 2.45) is 5.92 Å². The van der Waals surface area contributed by atoms with E-state index in [9.17, 15) is 0 Å². The second-order valence-electron chi connectivity index (χ2n) is 9.29. The number of rotatable bonds is 8. The van der Waals surface area contributed by atoms with Crippen molar-refractivity contribution in [3.63, 3.8) is 0 Å². The number of likely N-dealkylation sites (tertiary alicyclic amines) is 1. The summed E-state index contributed by atoms with van der Waals surface area (Å²) >= 11 is 0. The van der Waals surface area contributed by atoms with Crippen molar-refractivity contribution in [1.29, 1.82) is 0 Å². The van der Waals surface area contributed by atoms with Crippen LogP contribution in [0.4, 0.5) is 0 Å². The van der Waals surface area contributed by atoms with E-state index in [1.165, 1.54) is 29.5 Å². The Morgan fingerprint density at radius 1 is 0.939 bits per heavy atom. The average molecular weight is 444 g/mol. The summed E-state index contributed by atoms with van der Waals surface area (Å²) in [5.74, 6) is 2.48. The van der Waals surface area contributed by atoms with Gasteiger partial charge in [-0.3, -0.25) is 14.8 Å². The van der Waals surface area contributed by atoms with E-state index in [-0.39, 0.29) is 0 Å². The molecule has 2 aliphatic rings. The van der Waals surface area contributed by atoms with Gasteiger partial charge in [0.1, 0.15) is 0 Å². The van der Waals surface area contributed by atoms with Crippen LogP contribution in [0.3, 0.4) is 0 Å². The monoisotopic (exact) mass is 443 g/mol. The molecular weight excluding hydrogens is 410 g/mol. The standard InChI is InChI=1S/C28H33N3O2/c1-30(19-23-10-14-29-15-11-23)26(18-22-6-3-2-4-7-22)24-12-16-31(17-13-24)20-25-8-5-9-27-28(25)33-21-32-27/h2-11,14-15,24,26H,12-13,16-21H2,1H3. The summed E-state index contributed by atoms with van der Waals surface area (Å²) < 4.78 is 11.3. The van der Waals surface area contributed by atoms with Gasteiger partial charge in [0.15, 0.2) is 11.5 Å². The quantitative estimate of drug-likeness (QED) is 0.502. The lowest BCUT2D eigenvalue weighted by atomic mass is 9.84. The summed E-state index contributed by atoms with van der Waals surface area (Å²) in [6.07, 6.45) is 7.30. The zero-order chi connectivity index (χ0) is 22.5. The molecule has 1 unspecified atom stereocenters. The van der Waals surface area contributed by atoms with Crippen LogP contribution in [0.5, 0.6) is 11.5 Å². The molecule has 0 bridgehead atoms. The van der Waals surface area contributed by atoms with Crippen LogP contribution in [0.1, 0.15) is 29.5 Å². The molecule has 1 atom stereocenters. The summed E-state index contributed by atoms with van der Waals surface area (Å²) in [5, 5.41) is 0. The molecule has 5 heteroatoms. The molecule has 33 heavy (non-hydrogen) atoms. The summed E-state index contributed by atoms with van der Waals surface area (Å²) in [5.41, 5.74) is 3.98. The summed E-state index contributed by atoms with van der Waals surface area (Å²) in [7, 11) is 2.28. The molecule has 2 aromatic carbocycles. The predicted molar refractivity (Wildman–Crippen MR) is 130 cm³/mol. The molecule has 0 radical (unpaired) electrons. The van der Waals surface area contributed by atoms with Gasteiger partial charge < -0.3 is 9.47 Å². The normalized spacial score (nSPS) is 17.4. The van der Waals surface area contributed by atoms with E-state index in [0.717, 1.165) is 44.1 Å². The largest absolute Gasteiger partial charge is 0.454 e. The molecule has 2 aliphatic heterocycles. The van der Waals surface area contributed by atoms with Gasteiger partial charge in [-0.1, -0.05) is 42.5 Å². The van der Waals surface area contributed by atoms with E-state index in [4.69, 9.17) is 9.47 Å². The Bertz CT molecular complexity index is 1020. The lowest BCUT2D eigenvalue weighted by Crippen LogP contribution is -2.44. The first-order valence-electron chi connectivity index (χ1n) is 12.0. The third-order valence-electron chi connectivity index (χ3n) is 7.08. The van der Waals surface area contributed by atoms with E-state index < -0.39 is 0 Å². The smallest absolute Gasteiger partial charge is 0.231 e. The number of ether oxygens (including phenoxy) is 2. The van der Waals surface area contributed by atoms with Crippen LogP contribution in [-0.4, -0.2) is 47.8 Å². The van der Waals surface area contributed by atoms with E-state index in [0.29, 0.717) is 18.8 Å². The summed E-state index contributed by atoms with van der Waals surface area (Å²) in [4.78, 5) is 9.30. The molecule has 3 aromatic rings. The van der Waals surface area contributed by atoms with Gasteiger partial charge in [-0.25, -0.2) is 0 Å². The van der Waals surface area contributed by atoms with Crippen LogP contribution in [0, 0.1) is 5.92 Å². The second kappa shape index (κ2) is 10.4. The zero-order valence-electron chi connectivity index (χ0n) is 19.4. The first-order valence-corrected chi connectivity index (χ1v) is 12.0. The maximum Gasteiger partial charge on any atom is 0.231 e. The second-order valence-corrected chi connectivity index (χ2v) is 9.29. The number of likely N-dealkylation sites (N-methyl/N-ethyl adjacent to an activating group) is 1. The zero-order valence-corrected chi connectivity index (χ0v) is 19.4. The van der Waals surface area contributed by atoms with Crippen molar-refractivity contribution in [3.05, 3.63) is 89.7 Å². The minimum absolute atomic E-state index is 0.333. The van der Waals surface area contributed by atoms with Gasteiger partial charge in [0.25, 0.3) is 0 Å². The van der Waals surface area contributed by atoms with E-state index in [1.54, 1.807) is 0 Å². The first-order chi connectivity index (χ1) is 16.3. The fourth-order valence-corrected chi connectivity index (χ4v) is 5.28. The van der Waals surface area contributed by atoms with Gasteiger partial charge in [-0.15, -0.1) is 0 Å². The molecule has 0 saturated carbocycles. The number of piperidine rings is 1. The number of para-hydroxylation sites is 1. The Labute approximate surface area is 197 Å². The number of hydrogen-bond donors (Lipinski definition) is 0. The number of aromatic nitrogens is 1. The van der Waals surface area contributed by atoms with Crippen LogP contribution >= 0.6 is 0 Å². The van der Waals surface area contributed by atoms with E-state index >= 15 is 0 Å². The molecule has 0 amide bonds. The SMILES string of the molecule is CN(Cc1ccncc1)C(Cc1ccccc1)C1CCN(Cc2cccc3c2OCO3)CC1. The van der Waals surface area contributed by atoms with Crippen LogP contribution in [0.2, 0.25) is 0 Å². The van der Waals surface area contributed by atoms with E-state index in [2.05, 4.69) is 76.4 Å². The van der Waals surface area contributed by atoms with Crippen molar-refractivity contribution in [2.45, 2.75) is 38.4 Å². The topological polar surface area (TPSA) is 37.8 Å². The Hall–Kier alpha value is -2.89. The van der Waals surface area contributed by atoms with Gasteiger partial charge in [0.05, 0.1) is 0 Å². The molecule has 1 saturated heterocycles. The molecule has 3 heterocycles. The highest BCUT2D eigenvalue weighted by molar-refractivity contribution is 5.48. The summed E-state index contributed by atoms with van der Waals surface area (Å²) in [6.45, 7) is 4.44. The molecule has 0 N–H and O–H groups in total. The minimum Gasteiger partial charge on any atom is -0.454 e. The molecule has 5 nitrogen and oxygen atoms in total. The molecule has 0 aliphatic carbocycles. The predicted octanol–water partition coefficient (Wildman–Crippen LogP) is 4.77. The average Bonchev–Trinajstić information content (AvgIpc) is 3.35.